The van der Waals surface area contributed by atoms with Crippen LogP contribution in [-0.4, -0.2) is 29.9 Å². The van der Waals surface area contributed by atoms with Crippen molar-refractivity contribution in [2.24, 2.45) is 0 Å². The standard InChI is InChI=1S/C11H13N3O4S/c1-7-5-11(12)14(13-7)9-6-8(19(15,16)17)3-4-10(9)18-2/h3-6H,12H2,1-2H3,(H,15,16,17). The Labute approximate surface area is 110 Å². The van der Waals surface area contributed by atoms with E-state index in [4.69, 9.17) is 15.0 Å². The van der Waals surface area contributed by atoms with Gasteiger partial charge in [0, 0.05) is 6.07 Å². The molecule has 2 aromatic rings. The van der Waals surface area contributed by atoms with Gasteiger partial charge in [-0.3, -0.25) is 4.55 Å². The average Bonchev–Trinajstić information content (AvgIpc) is 2.66. The van der Waals surface area contributed by atoms with Crippen molar-refractivity contribution in [2.45, 2.75) is 11.8 Å². The number of aryl methyl sites for hydroxylation is 1. The summed E-state index contributed by atoms with van der Waals surface area (Å²) in [6.07, 6.45) is 0. The van der Waals surface area contributed by atoms with E-state index in [-0.39, 0.29) is 4.90 Å². The summed E-state index contributed by atoms with van der Waals surface area (Å²) in [4.78, 5) is -0.254. The molecule has 0 bridgehead atoms. The van der Waals surface area contributed by atoms with Gasteiger partial charge in [0.1, 0.15) is 17.3 Å². The monoisotopic (exact) mass is 283 g/mol. The number of nitrogens with zero attached hydrogens (tertiary/aromatic N) is 2. The van der Waals surface area contributed by atoms with Crippen LogP contribution in [0.3, 0.4) is 0 Å². The third-order valence-electron chi connectivity index (χ3n) is 2.54. The second kappa shape index (κ2) is 4.56. The summed E-state index contributed by atoms with van der Waals surface area (Å²) in [6.45, 7) is 1.76. The van der Waals surface area contributed by atoms with Crippen LogP contribution in [0.5, 0.6) is 5.75 Å². The van der Waals surface area contributed by atoms with Gasteiger partial charge in [0.2, 0.25) is 0 Å². The van der Waals surface area contributed by atoms with Crippen molar-refractivity contribution in [1.82, 2.24) is 9.78 Å². The lowest BCUT2D eigenvalue weighted by molar-refractivity contribution is 0.411. The number of anilines is 1. The van der Waals surface area contributed by atoms with Crippen molar-refractivity contribution < 1.29 is 17.7 Å². The molecule has 102 valence electrons. The summed E-state index contributed by atoms with van der Waals surface area (Å²) in [5, 5.41) is 4.15. The zero-order valence-electron chi connectivity index (χ0n) is 10.4. The third kappa shape index (κ3) is 2.54. The Morgan fingerprint density at radius 1 is 1.37 bits per heavy atom. The minimum atomic E-state index is -4.30. The SMILES string of the molecule is COc1ccc(S(=O)(=O)O)cc1-n1nc(C)cc1N. The highest BCUT2D eigenvalue weighted by Gasteiger charge is 2.16. The molecule has 19 heavy (non-hydrogen) atoms. The van der Waals surface area contributed by atoms with Crippen LogP contribution in [0.1, 0.15) is 5.69 Å². The highest BCUT2D eigenvalue weighted by Crippen LogP contribution is 2.27. The van der Waals surface area contributed by atoms with Crippen LogP contribution in [-0.2, 0) is 10.1 Å². The minimum absolute atomic E-state index is 0.254. The predicted octanol–water partition coefficient (Wildman–Crippen LogP) is 1.02. The van der Waals surface area contributed by atoms with Crippen LogP contribution in [0.4, 0.5) is 5.82 Å². The fourth-order valence-electron chi connectivity index (χ4n) is 1.71. The number of methoxy groups -OCH3 is 1. The Balaban J connectivity index is 2.70. The molecule has 0 radical (unpaired) electrons. The first-order valence-corrected chi connectivity index (χ1v) is 6.75. The summed E-state index contributed by atoms with van der Waals surface area (Å²) in [7, 11) is -2.86. The molecule has 0 amide bonds. The zero-order chi connectivity index (χ0) is 14.2. The molecule has 0 aliphatic rings. The molecule has 0 fully saturated rings. The Morgan fingerprint density at radius 3 is 2.53 bits per heavy atom. The Kier molecular flexibility index (Phi) is 3.21. The number of aromatic nitrogens is 2. The second-order valence-electron chi connectivity index (χ2n) is 3.93. The number of hydrogen-bond donors (Lipinski definition) is 2. The number of nitrogens with two attached hydrogens (primary N) is 1. The van der Waals surface area contributed by atoms with Gasteiger partial charge in [-0.2, -0.15) is 13.5 Å². The molecule has 7 nitrogen and oxygen atoms in total. The summed E-state index contributed by atoms with van der Waals surface area (Å²) in [5.74, 6) is 0.727. The van der Waals surface area contributed by atoms with Crippen LogP contribution in [0.15, 0.2) is 29.2 Å². The molecule has 1 aromatic heterocycles. The number of benzene rings is 1. The highest BCUT2D eigenvalue weighted by molar-refractivity contribution is 7.85. The molecule has 2 rings (SSSR count). The first-order valence-electron chi connectivity index (χ1n) is 5.31. The van der Waals surface area contributed by atoms with Gasteiger partial charge in [-0.25, -0.2) is 4.68 Å². The summed E-state index contributed by atoms with van der Waals surface area (Å²) >= 11 is 0. The fraction of sp³-hybridized carbons (Fsp3) is 0.182. The molecule has 0 saturated carbocycles. The van der Waals surface area contributed by atoms with E-state index < -0.39 is 10.1 Å². The minimum Gasteiger partial charge on any atom is -0.494 e. The van der Waals surface area contributed by atoms with Gasteiger partial charge in [-0.15, -0.1) is 0 Å². The van der Waals surface area contributed by atoms with Crippen molar-refractivity contribution in [3.05, 3.63) is 30.0 Å². The first-order chi connectivity index (χ1) is 8.82. The molecular formula is C11H13N3O4S. The molecule has 0 aliphatic carbocycles. The van der Waals surface area contributed by atoms with E-state index in [1.54, 1.807) is 13.0 Å². The molecule has 0 spiro atoms. The lowest BCUT2D eigenvalue weighted by atomic mass is 10.3. The van der Waals surface area contributed by atoms with Gasteiger partial charge in [-0.05, 0) is 25.1 Å². The molecule has 8 heteroatoms. The van der Waals surface area contributed by atoms with Gasteiger partial charge in [0.15, 0.2) is 0 Å². The smallest absolute Gasteiger partial charge is 0.294 e. The fourth-order valence-corrected chi connectivity index (χ4v) is 2.21. The number of hydrogen-bond acceptors (Lipinski definition) is 5. The maximum atomic E-state index is 11.2. The summed E-state index contributed by atoms with van der Waals surface area (Å²) in [5.41, 5.74) is 6.80. The Hall–Kier alpha value is -2.06. The summed E-state index contributed by atoms with van der Waals surface area (Å²) in [6, 6.07) is 5.55. The number of ether oxygens (including phenoxy) is 1. The van der Waals surface area contributed by atoms with Crippen molar-refractivity contribution in [1.29, 1.82) is 0 Å². The van der Waals surface area contributed by atoms with Crippen molar-refractivity contribution in [3.8, 4) is 11.4 Å². The molecule has 0 aliphatic heterocycles. The molecule has 3 N–H and O–H groups in total. The topological polar surface area (TPSA) is 107 Å². The van der Waals surface area contributed by atoms with E-state index in [2.05, 4.69) is 5.10 Å². The maximum Gasteiger partial charge on any atom is 0.294 e. The van der Waals surface area contributed by atoms with Crippen LogP contribution >= 0.6 is 0 Å². The molecular weight excluding hydrogens is 270 g/mol. The van der Waals surface area contributed by atoms with Crippen LogP contribution < -0.4 is 10.5 Å². The molecule has 0 atom stereocenters. The van der Waals surface area contributed by atoms with Crippen molar-refractivity contribution >= 4 is 15.9 Å². The number of nitrogen functional groups attached to an aromatic ring is 1. The van der Waals surface area contributed by atoms with E-state index >= 15 is 0 Å². The second-order valence-corrected chi connectivity index (χ2v) is 5.35. The average molecular weight is 283 g/mol. The van der Waals surface area contributed by atoms with Crippen molar-refractivity contribution in [3.63, 3.8) is 0 Å². The lowest BCUT2D eigenvalue weighted by Crippen LogP contribution is -2.06. The molecule has 0 unspecified atom stereocenters. The van der Waals surface area contributed by atoms with Gasteiger partial charge in [0.05, 0.1) is 17.7 Å². The largest absolute Gasteiger partial charge is 0.494 e. The number of rotatable bonds is 3. The van der Waals surface area contributed by atoms with Crippen LogP contribution in [0.25, 0.3) is 5.69 Å². The van der Waals surface area contributed by atoms with Crippen molar-refractivity contribution in [2.75, 3.05) is 12.8 Å². The van der Waals surface area contributed by atoms with Gasteiger partial charge < -0.3 is 10.5 Å². The Bertz CT molecular complexity index is 722. The highest BCUT2D eigenvalue weighted by atomic mass is 32.2. The van der Waals surface area contributed by atoms with E-state index in [1.807, 2.05) is 0 Å². The summed E-state index contributed by atoms with van der Waals surface area (Å²) < 4.78 is 37.9. The quantitative estimate of drug-likeness (QED) is 0.814. The predicted molar refractivity (Wildman–Crippen MR) is 69.1 cm³/mol. The molecule has 0 saturated heterocycles. The van der Waals surface area contributed by atoms with Gasteiger partial charge in [-0.1, -0.05) is 0 Å². The van der Waals surface area contributed by atoms with E-state index in [0.717, 1.165) is 0 Å². The Morgan fingerprint density at radius 2 is 2.05 bits per heavy atom. The normalized spacial score (nSPS) is 11.5. The lowest BCUT2D eigenvalue weighted by Gasteiger charge is -2.11. The molecule has 1 heterocycles. The zero-order valence-corrected chi connectivity index (χ0v) is 11.2. The van der Waals surface area contributed by atoms with Crippen LogP contribution in [0, 0.1) is 6.92 Å². The van der Waals surface area contributed by atoms with E-state index in [1.165, 1.54) is 30.0 Å². The first kappa shape index (κ1) is 13.4. The van der Waals surface area contributed by atoms with Gasteiger partial charge in [0.25, 0.3) is 10.1 Å². The van der Waals surface area contributed by atoms with Crippen LogP contribution in [0.2, 0.25) is 0 Å². The van der Waals surface area contributed by atoms with Gasteiger partial charge >= 0.3 is 0 Å². The van der Waals surface area contributed by atoms with E-state index in [9.17, 15) is 8.42 Å². The third-order valence-corrected chi connectivity index (χ3v) is 3.39. The molecule has 1 aromatic carbocycles. The van der Waals surface area contributed by atoms with E-state index in [0.29, 0.717) is 22.9 Å². The maximum absolute atomic E-state index is 11.2.